The second kappa shape index (κ2) is 8.71. The van der Waals surface area contributed by atoms with Crippen LogP contribution in [0.25, 0.3) is 0 Å². The Balaban J connectivity index is 1.69. The normalized spacial score (nSPS) is 19.1. The minimum Gasteiger partial charge on any atom is -0.378 e. The molecule has 1 aromatic carbocycles. The average molecular weight is 445 g/mol. The molecule has 1 N–H and O–H groups in total. The summed E-state index contributed by atoms with van der Waals surface area (Å²) in [5.74, 6) is -0.658. The Bertz CT molecular complexity index is 989. The maximum absolute atomic E-state index is 14.2. The van der Waals surface area contributed by atoms with Gasteiger partial charge < -0.3 is 15.0 Å². The van der Waals surface area contributed by atoms with Gasteiger partial charge in [-0.2, -0.15) is 0 Å². The first-order valence-corrected chi connectivity index (χ1v) is 11.6. The van der Waals surface area contributed by atoms with Crippen LogP contribution in [0.2, 0.25) is 0 Å². The molecule has 1 saturated heterocycles. The monoisotopic (exact) mass is 444 g/mol. The van der Waals surface area contributed by atoms with Gasteiger partial charge in [-0.05, 0) is 48.3 Å². The fourth-order valence-corrected chi connectivity index (χ4v) is 5.69. The Morgan fingerprint density at radius 1 is 1.19 bits per heavy atom. The van der Waals surface area contributed by atoms with Gasteiger partial charge in [0.1, 0.15) is 10.8 Å². The van der Waals surface area contributed by atoms with E-state index in [1.54, 1.807) is 17.0 Å². The van der Waals surface area contributed by atoms with Gasteiger partial charge in [0.05, 0.1) is 24.3 Å². The molecule has 1 aliphatic carbocycles. The first kappa shape index (κ1) is 22.0. The number of anilines is 1. The molecule has 0 spiro atoms. The Kier molecular flexibility index (Phi) is 6.17. The topological polar surface area (TPSA) is 58.6 Å². The zero-order valence-electron chi connectivity index (χ0n) is 18.3. The molecule has 7 heteroatoms. The lowest BCUT2D eigenvalue weighted by atomic mass is 9.72. The number of rotatable bonds is 3. The van der Waals surface area contributed by atoms with Crippen LogP contribution < -0.4 is 5.32 Å². The zero-order chi connectivity index (χ0) is 22.2. The van der Waals surface area contributed by atoms with Crippen molar-refractivity contribution >= 4 is 28.2 Å². The van der Waals surface area contributed by atoms with Gasteiger partial charge in [-0.1, -0.05) is 32.9 Å². The molecule has 2 aliphatic rings. The molecule has 5 nitrogen and oxygen atoms in total. The van der Waals surface area contributed by atoms with E-state index < -0.39 is 11.7 Å². The summed E-state index contributed by atoms with van der Waals surface area (Å²) in [6, 6.07) is 5.90. The van der Waals surface area contributed by atoms with Gasteiger partial charge in [-0.3, -0.25) is 9.59 Å². The molecule has 31 heavy (non-hydrogen) atoms. The number of hydrogen-bond acceptors (Lipinski definition) is 4. The number of carbonyl (C=O) groups excluding carboxylic acids is 2. The highest BCUT2D eigenvalue weighted by Crippen LogP contribution is 2.44. The van der Waals surface area contributed by atoms with Crippen LogP contribution in [0.15, 0.2) is 24.3 Å². The number of halogens is 1. The van der Waals surface area contributed by atoms with Crippen LogP contribution in [0.4, 0.5) is 9.39 Å². The smallest absolute Gasteiger partial charge is 0.259 e. The van der Waals surface area contributed by atoms with Crippen molar-refractivity contribution in [1.29, 1.82) is 0 Å². The van der Waals surface area contributed by atoms with Gasteiger partial charge in [0.2, 0.25) is 0 Å². The number of morpholine rings is 1. The fourth-order valence-electron chi connectivity index (χ4n) is 4.38. The number of hydrogen-bond donors (Lipinski definition) is 1. The maximum atomic E-state index is 14.2. The van der Waals surface area contributed by atoms with E-state index in [9.17, 15) is 14.0 Å². The number of nitrogens with zero attached hydrogens (tertiary/aromatic N) is 1. The summed E-state index contributed by atoms with van der Waals surface area (Å²) in [5.41, 5.74) is 1.78. The van der Waals surface area contributed by atoms with Gasteiger partial charge in [0.15, 0.2) is 0 Å². The third-order valence-electron chi connectivity index (χ3n) is 6.35. The molecule has 4 rings (SSSR count). The van der Waals surface area contributed by atoms with E-state index in [1.165, 1.54) is 23.5 Å². The van der Waals surface area contributed by atoms with Crippen molar-refractivity contribution in [1.82, 2.24) is 4.90 Å². The number of benzene rings is 1. The molecular weight excluding hydrogens is 415 g/mol. The largest absolute Gasteiger partial charge is 0.378 e. The summed E-state index contributed by atoms with van der Waals surface area (Å²) >= 11 is 1.47. The number of nitrogens with one attached hydrogen (secondary N) is 1. The summed E-state index contributed by atoms with van der Waals surface area (Å²) in [4.78, 5) is 29.3. The molecule has 1 unspecified atom stereocenters. The summed E-state index contributed by atoms with van der Waals surface area (Å²) in [5, 5.41) is 3.39. The van der Waals surface area contributed by atoms with Crippen LogP contribution in [0.5, 0.6) is 0 Å². The minimum absolute atomic E-state index is 0.0220. The Morgan fingerprint density at radius 2 is 1.90 bits per heavy atom. The maximum Gasteiger partial charge on any atom is 0.259 e. The van der Waals surface area contributed by atoms with Crippen LogP contribution in [0, 0.1) is 17.2 Å². The molecule has 1 aromatic heterocycles. The molecule has 1 aliphatic heterocycles. The Labute approximate surface area is 186 Å². The second-order valence-corrected chi connectivity index (χ2v) is 10.5. The number of ether oxygens (including phenoxy) is 1. The van der Waals surface area contributed by atoms with Crippen molar-refractivity contribution in [2.75, 3.05) is 31.6 Å². The van der Waals surface area contributed by atoms with E-state index >= 15 is 0 Å². The van der Waals surface area contributed by atoms with Crippen LogP contribution in [-0.2, 0) is 17.6 Å². The lowest BCUT2D eigenvalue weighted by molar-refractivity contribution is 0.0303. The van der Waals surface area contributed by atoms with E-state index in [-0.39, 0.29) is 16.9 Å². The van der Waals surface area contributed by atoms with Gasteiger partial charge >= 0.3 is 0 Å². The van der Waals surface area contributed by atoms with E-state index in [2.05, 4.69) is 26.1 Å². The van der Waals surface area contributed by atoms with Crippen molar-refractivity contribution in [3.8, 4) is 0 Å². The summed E-state index contributed by atoms with van der Waals surface area (Å²) in [7, 11) is 0. The summed E-state index contributed by atoms with van der Waals surface area (Å²) < 4.78 is 19.5. The lowest BCUT2D eigenvalue weighted by Gasteiger charge is -2.34. The molecular formula is C24H29FN2O3S. The quantitative estimate of drug-likeness (QED) is 0.742. The molecule has 2 amide bonds. The van der Waals surface area contributed by atoms with Crippen molar-refractivity contribution in [3.05, 3.63) is 51.7 Å². The second-order valence-electron chi connectivity index (χ2n) is 9.35. The Hall–Kier alpha value is -2.25. The molecule has 2 heterocycles. The first-order valence-electron chi connectivity index (χ1n) is 10.8. The third kappa shape index (κ3) is 4.53. The molecule has 2 aromatic rings. The summed E-state index contributed by atoms with van der Waals surface area (Å²) in [6.07, 6.45) is 2.72. The standard InChI is InChI=1S/C24H29FN2O3S/c1-24(2,3)15-8-9-17-19(14-15)31-22(20(17)23(29)27-10-12-30-13-11-27)26-21(28)16-6-4-5-7-18(16)25/h4-7,15H,8-14H2,1-3H3,(H,26,28). The highest BCUT2D eigenvalue weighted by Gasteiger charge is 2.35. The predicted octanol–water partition coefficient (Wildman–Crippen LogP) is 4.76. The molecule has 1 atom stereocenters. The van der Waals surface area contributed by atoms with E-state index in [0.29, 0.717) is 42.8 Å². The molecule has 166 valence electrons. The van der Waals surface area contributed by atoms with Crippen LogP contribution >= 0.6 is 11.3 Å². The number of thiophene rings is 1. The van der Waals surface area contributed by atoms with E-state index in [4.69, 9.17) is 4.74 Å². The zero-order valence-corrected chi connectivity index (χ0v) is 19.1. The van der Waals surface area contributed by atoms with Gasteiger partial charge in [-0.15, -0.1) is 11.3 Å². The number of carbonyl (C=O) groups is 2. The predicted molar refractivity (Wildman–Crippen MR) is 120 cm³/mol. The van der Waals surface area contributed by atoms with E-state index in [0.717, 1.165) is 29.7 Å². The van der Waals surface area contributed by atoms with Crippen molar-refractivity contribution in [2.24, 2.45) is 11.3 Å². The van der Waals surface area contributed by atoms with Crippen molar-refractivity contribution in [2.45, 2.75) is 40.0 Å². The van der Waals surface area contributed by atoms with Crippen LogP contribution in [0.3, 0.4) is 0 Å². The average Bonchev–Trinajstić information content (AvgIpc) is 3.10. The lowest BCUT2D eigenvalue weighted by Crippen LogP contribution is -2.41. The third-order valence-corrected chi connectivity index (χ3v) is 7.52. The molecule has 0 radical (unpaired) electrons. The van der Waals surface area contributed by atoms with E-state index in [1.807, 2.05) is 0 Å². The number of amides is 2. The van der Waals surface area contributed by atoms with Gasteiger partial charge in [0.25, 0.3) is 11.8 Å². The minimum atomic E-state index is -0.574. The first-order chi connectivity index (χ1) is 14.8. The molecule has 1 fully saturated rings. The molecule has 0 saturated carbocycles. The number of fused-ring (bicyclic) bond motifs is 1. The highest BCUT2D eigenvalue weighted by molar-refractivity contribution is 7.17. The van der Waals surface area contributed by atoms with Crippen LogP contribution in [-0.4, -0.2) is 43.0 Å². The van der Waals surface area contributed by atoms with Gasteiger partial charge in [-0.25, -0.2) is 4.39 Å². The van der Waals surface area contributed by atoms with Crippen LogP contribution in [0.1, 0.15) is 58.3 Å². The highest BCUT2D eigenvalue weighted by atomic mass is 32.1. The molecule has 0 bridgehead atoms. The fraction of sp³-hybridized carbons (Fsp3) is 0.500. The van der Waals surface area contributed by atoms with Crippen molar-refractivity contribution < 1.29 is 18.7 Å². The SMILES string of the molecule is CC(C)(C)C1CCc2c(sc(NC(=O)c3ccccc3F)c2C(=O)N2CCOCC2)C1. The van der Waals surface area contributed by atoms with Crippen molar-refractivity contribution in [3.63, 3.8) is 0 Å². The summed E-state index contributed by atoms with van der Waals surface area (Å²) in [6.45, 7) is 8.84. The Morgan fingerprint density at radius 3 is 2.58 bits per heavy atom. The van der Waals surface area contributed by atoms with Gasteiger partial charge in [0, 0.05) is 18.0 Å².